The van der Waals surface area contributed by atoms with E-state index in [0.29, 0.717) is 25.2 Å². The highest BCUT2D eigenvalue weighted by Crippen LogP contribution is 2.23. The van der Waals surface area contributed by atoms with Crippen LogP contribution in [-0.4, -0.2) is 50.3 Å². The third-order valence-electron chi connectivity index (χ3n) is 4.06. The smallest absolute Gasteiger partial charge is 0.246 e. The molecule has 1 atom stereocenters. The van der Waals surface area contributed by atoms with Gasteiger partial charge in [0.1, 0.15) is 10.7 Å². The van der Waals surface area contributed by atoms with Crippen LogP contribution in [0, 0.1) is 5.82 Å². The normalized spacial score (nSPS) is 21.6. The van der Waals surface area contributed by atoms with Gasteiger partial charge in [0.2, 0.25) is 10.0 Å². The van der Waals surface area contributed by atoms with Crippen LogP contribution in [0.15, 0.2) is 23.1 Å². The van der Waals surface area contributed by atoms with E-state index in [1.165, 1.54) is 22.5 Å². The van der Waals surface area contributed by atoms with Crippen LogP contribution in [0.2, 0.25) is 0 Å². The van der Waals surface area contributed by atoms with Gasteiger partial charge in [-0.25, -0.2) is 12.8 Å². The van der Waals surface area contributed by atoms with Crippen molar-refractivity contribution in [3.63, 3.8) is 0 Å². The number of piperazine rings is 1. The molecule has 1 aromatic rings. The number of hydrogen-bond donors (Lipinski definition) is 1. The van der Waals surface area contributed by atoms with E-state index in [1.54, 1.807) is 0 Å². The molecule has 1 heterocycles. The summed E-state index contributed by atoms with van der Waals surface area (Å²) in [5, 5.41) is 0. The van der Waals surface area contributed by atoms with Crippen LogP contribution in [0.5, 0.6) is 0 Å². The monoisotopic (exact) mass is 315 g/mol. The van der Waals surface area contributed by atoms with Crippen molar-refractivity contribution in [3.8, 4) is 0 Å². The molecule has 0 radical (unpaired) electrons. The minimum Gasteiger partial charge on any atom is -0.326 e. The first-order valence-electron chi connectivity index (χ1n) is 7.09. The summed E-state index contributed by atoms with van der Waals surface area (Å²) in [6.07, 6.45) is 0.855. The van der Waals surface area contributed by atoms with E-state index >= 15 is 0 Å². The lowest BCUT2D eigenvalue weighted by atomic mass is 10.1. The first-order chi connectivity index (χ1) is 9.90. The topological polar surface area (TPSA) is 66.6 Å². The molecule has 2 N–H and O–H groups in total. The van der Waals surface area contributed by atoms with Crippen molar-refractivity contribution in [2.45, 2.75) is 30.8 Å². The summed E-state index contributed by atoms with van der Waals surface area (Å²) in [6, 6.07) is 4.17. The summed E-state index contributed by atoms with van der Waals surface area (Å²) in [4.78, 5) is 1.86. The highest BCUT2D eigenvalue weighted by Gasteiger charge is 2.33. The summed E-state index contributed by atoms with van der Waals surface area (Å²) in [7, 11) is -1.84. The molecule has 1 saturated heterocycles. The maximum Gasteiger partial charge on any atom is 0.246 e. The van der Waals surface area contributed by atoms with Crippen LogP contribution in [0.4, 0.5) is 4.39 Å². The molecular formula is C14H22FN3O2S. The number of benzene rings is 1. The summed E-state index contributed by atoms with van der Waals surface area (Å²) >= 11 is 0. The molecule has 0 aliphatic carbocycles. The second-order valence-corrected chi connectivity index (χ2v) is 7.28. The Morgan fingerprint density at radius 3 is 2.71 bits per heavy atom. The highest BCUT2D eigenvalue weighted by atomic mass is 32.2. The Labute approximate surface area is 125 Å². The van der Waals surface area contributed by atoms with Gasteiger partial charge in [0, 0.05) is 32.2 Å². The zero-order valence-electron chi connectivity index (χ0n) is 12.4. The molecule has 1 aromatic carbocycles. The largest absolute Gasteiger partial charge is 0.326 e. The van der Waals surface area contributed by atoms with E-state index in [-0.39, 0.29) is 17.5 Å². The fraction of sp³-hybridized carbons (Fsp3) is 0.571. The fourth-order valence-corrected chi connectivity index (χ4v) is 4.17. The van der Waals surface area contributed by atoms with Gasteiger partial charge in [0.25, 0.3) is 0 Å². The van der Waals surface area contributed by atoms with E-state index < -0.39 is 15.8 Å². The molecular weight excluding hydrogens is 293 g/mol. The van der Waals surface area contributed by atoms with Gasteiger partial charge in [-0.1, -0.05) is 13.0 Å². The summed E-state index contributed by atoms with van der Waals surface area (Å²) in [5.41, 5.74) is 6.12. The number of likely N-dealkylation sites (N-methyl/N-ethyl adjacent to an activating group) is 1. The molecule has 0 aromatic heterocycles. The van der Waals surface area contributed by atoms with E-state index in [0.717, 1.165) is 6.42 Å². The van der Waals surface area contributed by atoms with E-state index in [1.807, 2.05) is 14.0 Å². The lowest BCUT2D eigenvalue weighted by Gasteiger charge is -2.38. The van der Waals surface area contributed by atoms with Crippen molar-refractivity contribution in [1.29, 1.82) is 0 Å². The summed E-state index contributed by atoms with van der Waals surface area (Å²) in [6.45, 7) is 3.62. The third kappa shape index (κ3) is 3.26. The number of hydrogen-bond acceptors (Lipinski definition) is 4. The lowest BCUT2D eigenvalue weighted by molar-refractivity contribution is 0.144. The second kappa shape index (κ2) is 6.39. The van der Waals surface area contributed by atoms with Crippen LogP contribution < -0.4 is 5.73 Å². The minimum atomic E-state index is -3.82. The van der Waals surface area contributed by atoms with Gasteiger partial charge in [-0.3, -0.25) is 0 Å². The zero-order chi connectivity index (χ0) is 15.6. The average molecular weight is 315 g/mol. The Morgan fingerprint density at radius 1 is 1.38 bits per heavy atom. The van der Waals surface area contributed by atoms with E-state index in [4.69, 9.17) is 5.73 Å². The van der Waals surface area contributed by atoms with Crippen molar-refractivity contribution < 1.29 is 12.8 Å². The van der Waals surface area contributed by atoms with Gasteiger partial charge < -0.3 is 10.6 Å². The molecule has 0 saturated carbocycles. The SMILES string of the molecule is CCC1CN(S(=O)(=O)c2cc(CN)ccc2F)CCN1C. The van der Waals surface area contributed by atoms with Gasteiger partial charge in [-0.2, -0.15) is 4.31 Å². The molecule has 5 nitrogen and oxygen atoms in total. The van der Waals surface area contributed by atoms with Crippen LogP contribution in [0.3, 0.4) is 0 Å². The number of nitrogens with zero attached hydrogens (tertiary/aromatic N) is 2. The van der Waals surface area contributed by atoms with E-state index in [2.05, 4.69) is 4.90 Å². The maximum absolute atomic E-state index is 14.0. The first-order valence-corrected chi connectivity index (χ1v) is 8.53. The fourth-order valence-electron chi connectivity index (χ4n) is 2.59. The summed E-state index contributed by atoms with van der Waals surface area (Å²) < 4.78 is 40.7. The minimum absolute atomic E-state index is 0.161. The van der Waals surface area contributed by atoms with E-state index in [9.17, 15) is 12.8 Å². The molecule has 0 bridgehead atoms. The van der Waals surface area contributed by atoms with Gasteiger partial charge in [-0.15, -0.1) is 0 Å². The number of nitrogens with two attached hydrogens (primary N) is 1. The van der Waals surface area contributed by atoms with Gasteiger partial charge in [0.15, 0.2) is 0 Å². The molecule has 1 fully saturated rings. The highest BCUT2D eigenvalue weighted by molar-refractivity contribution is 7.89. The Kier molecular flexibility index (Phi) is 4.98. The van der Waals surface area contributed by atoms with Gasteiger partial charge >= 0.3 is 0 Å². The van der Waals surface area contributed by atoms with Gasteiger partial charge in [0.05, 0.1) is 0 Å². The molecule has 2 rings (SSSR count). The first kappa shape index (κ1) is 16.4. The van der Waals surface area contributed by atoms with Crippen molar-refractivity contribution in [1.82, 2.24) is 9.21 Å². The molecule has 21 heavy (non-hydrogen) atoms. The zero-order valence-corrected chi connectivity index (χ0v) is 13.2. The number of sulfonamides is 1. The molecule has 118 valence electrons. The predicted molar refractivity (Wildman–Crippen MR) is 79.8 cm³/mol. The molecule has 1 unspecified atom stereocenters. The second-order valence-electron chi connectivity index (χ2n) is 5.37. The molecule has 0 spiro atoms. The van der Waals surface area contributed by atoms with Crippen molar-refractivity contribution >= 4 is 10.0 Å². The predicted octanol–water partition coefficient (Wildman–Crippen LogP) is 0.999. The van der Waals surface area contributed by atoms with Crippen molar-refractivity contribution in [2.75, 3.05) is 26.7 Å². The van der Waals surface area contributed by atoms with Crippen LogP contribution >= 0.6 is 0 Å². The Balaban J connectivity index is 2.34. The molecule has 0 amide bonds. The number of halogens is 1. The Bertz CT molecular complexity index is 606. The number of rotatable bonds is 4. The van der Waals surface area contributed by atoms with Crippen molar-refractivity contribution in [3.05, 3.63) is 29.6 Å². The Hall–Kier alpha value is -1.02. The van der Waals surface area contributed by atoms with Crippen LogP contribution in [0.1, 0.15) is 18.9 Å². The third-order valence-corrected chi connectivity index (χ3v) is 5.94. The van der Waals surface area contributed by atoms with Crippen LogP contribution in [-0.2, 0) is 16.6 Å². The quantitative estimate of drug-likeness (QED) is 0.900. The molecule has 1 aliphatic heterocycles. The molecule has 7 heteroatoms. The standard InChI is InChI=1S/C14H22FN3O2S/c1-3-12-10-18(7-6-17(12)2)21(19,20)14-8-11(9-16)4-5-13(14)15/h4-5,8,12H,3,6-7,9-10,16H2,1-2H3. The van der Waals surface area contributed by atoms with Crippen LogP contribution in [0.25, 0.3) is 0 Å². The lowest BCUT2D eigenvalue weighted by Crippen LogP contribution is -2.52. The Morgan fingerprint density at radius 2 is 2.10 bits per heavy atom. The van der Waals surface area contributed by atoms with Crippen molar-refractivity contribution in [2.24, 2.45) is 5.73 Å². The van der Waals surface area contributed by atoms with Gasteiger partial charge in [-0.05, 0) is 31.2 Å². The maximum atomic E-state index is 14.0. The summed E-state index contributed by atoms with van der Waals surface area (Å²) in [5.74, 6) is -0.723. The average Bonchev–Trinajstić information content (AvgIpc) is 2.47. The molecule has 1 aliphatic rings.